The van der Waals surface area contributed by atoms with Crippen molar-refractivity contribution in [2.75, 3.05) is 18.0 Å². The van der Waals surface area contributed by atoms with Crippen LogP contribution in [0.25, 0.3) is 10.9 Å². The van der Waals surface area contributed by atoms with E-state index in [0.29, 0.717) is 6.04 Å². The Balaban J connectivity index is 2.04. The maximum atomic E-state index is 6.20. The normalized spacial score (nSPS) is 20.1. The van der Waals surface area contributed by atoms with E-state index in [9.17, 15) is 0 Å². The molecule has 106 valence electrons. The molecule has 20 heavy (non-hydrogen) atoms. The number of aromatic nitrogens is 1. The zero-order valence-corrected chi connectivity index (χ0v) is 12.5. The van der Waals surface area contributed by atoms with Crippen LogP contribution in [0.15, 0.2) is 24.4 Å². The van der Waals surface area contributed by atoms with Gasteiger partial charge in [-0.05, 0) is 49.9 Å². The number of anilines is 1. The summed E-state index contributed by atoms with van der Waals surface area (Å²) in [6.45, 7) is 4.12. The lowest BCUT2D eigenvalue weighted by Crippen LogP contribution is -2.26. The number of hydrogen-bond acceptors (Lipinski definition) is 3. The fourth-order valence-electron chi connectivity index (χ4n) is 2.90. The standard InChI is InChI=1S/C16H20ClN3/c1-11-9-13-15(10-14(11)17)19-6-4-16(13)20-7-2-3-12(18)5-8-20/h4,6,9-10,12H,2-3,5,7-8,18H2,1H3. The summed E-state index contributed by atoms with van der Waals surface area (Å²) in [4.78, 5) is 6.88. The molecule has 1 aliphatic rings. The van der Waals surface area contributed by atoms with Gasteiger partial charge in [-0.25, -0.2) is 0 Å². The molecule has 0 spiro atoms. The number of nitrogens with two attached hydrogens (primary N) is 1. The van der Waals surface area contributed by atoms with Crippen molar-refractivity contribution in [1.82, 2.24) is 4.98 Å². The molecular weight excluding hydrogens is 270 g/mol. The molecule has 2 N–H and O–H groups in total. The average molecular weight is 290 g/mol. The van der Waals surface area contributed by atoms with E-state index in [4.69, 9.17) is 17.3 Å². The van der Waals surface area contributed by atoms with Crippen LogP contribution in [0.3, 0.4) is 0 Å². The maximum absolute atomic E-state index is 6.20. The molecule has 0 radical (unpaired) electrons. The van der Waals surface area contributed by atoms with Crippen LogP contribution in [-0.2, 0) is 0 Å². The van der Waals surface area contributed by atoms with E-state index < -0.39 is 0 Å². The Labute approximate surface area is 124 Å². The minimum absolute atomic E-state index is 0.337. The molecule has 2 heterocycles. The highest BCUT2D eigenvalue weighted by Crippen LogP contribution is 2.30. The van der Waals surface area contributed by atoms with E-state index in [1.165, 1.54) is 11.1 Å². The first-order chi connectivity index (χ1) is 9.65. The van der Waals surface area contributed by atoms with E-state index in [1.54, 1.807) is 0 Å². The van der Waals surface area contributed by atoms with Gasteiger partial charge in [-0.2, -0.15) is 0 Å². The Morgan fingerprint density at radius 2 is 2.15 bits per heavy atom. The summed E-state index contributed by atoms with van der Waals surface area (Å²) >= 11 is 6.20. The molecule has 3 rings (SSSR count). The third-order valence-electron chi connectivity index (χ3n) is 4.11. The number of nitrogens with zero attached hydrogens (tertiary/aromatic N) is 2. The molecule has 0 aliphatic carbocycles. The fraction of sp³-hybridized carbons (Fsp3) is 0.438. The number of aryl methyl sites for hydroxylation is 1. The number of benzene rings is 1. The van der Waals surface area contributed by atoms with Crippen LogP contribution < -0.4 is 10.6 Å². The molecule has 1 fully saturated rings. The number of hydrogen-bond donors (Lipinski definition) is 1. The summed E-state index contributed by atoms with van der Waals surface area (Å²) < 4.78 is 0. The Bertz CT molecular complexity index is 626. The number of pyridine rings is 1. The van der Waals surface area contributed by atoms with Gasteiger partial charge >= 0.3 is 0 Å². The zero-order valence-electron chi connectivity index (χ0n) is 11.8. The van der Waals surface area contributed by atoms with E-state index in [0.717, 1.165) is 48.5 Å². The molecule has 2 aromatic rings. The van der Waals surface area contributed by atoms with Gasteiger partial charge in [0.05, 0.1) is 5.52 Å². The van der Waals surface area contributed by atoms with Gasteiger partial charge in [0.2, 0.25) is 0 Å². The summed E-state index contributed by atoms with van der Waals surface area (Å²) in [6.07, 6.45) is 5.19. The van der Waals surface area contributed by atoms with Gasteiger partial charge in [0.25, 0.3) is 0 Å². The maximum Gasteiger partial charge on any atom is 0.0737 e. The van der Waals surface area contributed by atoms with Crippen molar-refractivity contribution < 1.29 is 0 Å². The largest absolute Gasteiger partial charge is 0.371 e. The fourth-order valence-corrected chi connectivity index (χ4v) is 3.06. The highest BCUT2D eigenvalue weighted by Gasteiger charge is 2.16. The minimum Gasteiger partial charge on any atom is -0.371 e. The molecule has 1 aliphatic heterocycles. The summed E-state index contributed by atoms with van der Waals surface area (Å²) in [5.41, 5.74) is 9.39. The number of rotatable bonds is 1. The summed E-state index contributed by atoms with van der Waals surface area (Å²) in [6, 6.07) is 6.54. The second kappa shape index (κ2) is 5.58. The first-order valence-electron chi connectivity index (χ1n) is 7.20. The van der Waals surface area contributed by atoms with Gasteiger partial charge in [-0.1, -0.05) is 11.6 Å². The van der Waals surface area contributed by atoms with Crippen LogP contribution >= 0.6 is 11.6 Å². The van der Waals surface area contributed by atoms with Crippen LogP contribution in [0.4, 0.5) is 5.69 Å². The topological polar surface area (TPSA) is 42.1 Å². The summed E-state index contributed by atoms with van der Waals surface area (Å²) in [5, 5.41) is 1.96. The zero-order chi connectivity index (χ0) is 14.1. The first kappa shape index (κ1) is 13.7. The van der Waals surface area contributed by atoms with E-state index >= 15 is 0 Å². The lowest BCUT2D eigenvalue weighted by molar-refractivity contribution is 0.601. The SMILES string of the molecule is Cc1cc2c(N3CCCC(N)CC3)ccnc2cc1Cl. The smallest absolute Gasteiger partial charge is 0.0737 e. The second-order valence-corrected chi connectivity index (χ2v) is 6.03. The van der Waals surface area contributed by atoms with Crippen molar-refractivity contribution in [1.29, 1.82) is 0 Å². The predicted molar refractivity (Wildman–Crippen MR) is 85.5 cm³/mol. The number of halogens is 1. The summed E-state index contributed by atoms with van der Waals surface area (Å²) in [7, 11) is 0. The molecule has 4 heteroatoms. The molecule has 1 aromatic carbocycles. The monoisotopic (exact) mass is 289 g/mol. The third kappa shape index (κ3) is 2.60. The average Bonchev–Trinajstić information content (AvgIpc) is 2.64. The van der Waals surface area contributed by atoms with Crippen LogP contribution in [-0.4, -0.2) is 24.1 Å². The second-order valence-electron chi connectivity index (χ2n) is 5.63. The molecular formula is C16H20ClN3. The molecule has 3 nitrogen and oxygen atoms in total. The lowest BCUT2D eigenvalue weighted by atomic mass is 10.1. The van der Waals surface area contributed by atoms with Crippen molar-refractivity contribution >= 4 is 28.2 Å². The van der Waals surface area contributed by atoms with Crippen molar-refractivity contribution in [3.8, 4) is 0 Å². The van der Waals surface area contributed by atoms with E-state index in [1.807, 2.05) is 19.2 Å². The van der Waals surface area contributed by atoms with Crippen molar-refractivity contribution in [2.24, 2.45) is 5.73 Å². The van der Waals surface area contributed by atoms with Gasteiger partial charge in [0.15, 0.2) is 0 Å². The molecule has 1 unspecified atom stereocenters. The van der Waals surface area contributed by atoms with Crippen LogP contribution in [0.2, 0.25) is 5.02 Å². The Kier molecular flexibility index (Phi) is 3.81. The van der Waals surface area contributed by atoms with Crippen molar-refractivity contribution in [3.05, 3.63) is 35.0 Å². The van der Waals surface area contributed by atoms with Gasteiger partial charge in [-0.3, -0.25) is 4.98 Å². The van der Waals surface area contributed by atoms with Crippen LogP contribution in [0, 0.1) is 6.92 Å². The minimum atomic E-state index is 0.337. The lowest BCUT2D eigenvalue weighted by Gasteiger charge is -2.24. The first-order valence-corrected chi connectivity index (χ1v) is 7.58. The molecule has 1 atom stereocenters. The van der Waals surface area contributed by atoms with Crippen molar-refractivity contribution in [2.45, 2.75) is 32.2 Å². The van der Waals surface area contributed by atoms with Gasteiger partial charge in [0, 0.05) is 41.4 Å². The van der Waals surface area contributed by atoms with E-state index in [2.05, 4.69) is 22.0 Å². The molecule has 0 saturated carbocycles. The highest BCUT2D eigenvalue weighted by atomic mass is 35.5. The highest BCUT2D eigenvalue weighted by molar-refractivity contribution is 6.32. The van der Waals surface area contributed by atoms with E-state index in [-0.39, 0.29) is 0 Å². The van der Waals surface area contributed by atoms with Gasteiger partial charge in [0.1, 0.15) is 0 Å². The Morgan fingerprint density at radius 3 is 3.00 bits per heavy atom. The Hall–Kier alpha value is -1.32. The Morgan fingerprint density at radius 1 is 1.30 bits per heavy atom. The van der Waals surface area contributed by atoms with Gasteiger partial charge in [-0.15, -0.1) is 0 Å². The predicted octanol–water partition coefficient (Wildman–Crippen LogP) is 3.51. The molecule has 0 bridgehead atoms. The van der Waals surface area contributed by atoms with Crippen LogP contribution in [0.1, 0.15) is 24.8 Å². The quantitative estimate of drug-likeness (QED) is 0.873. The summed E-state index contributed by atoms with van der Waals surface area (Å²) in [5.74, 6) is 0. The number of fused-ring (bicyclic) bond motifs is 1. The van der Waals surface area contributed by atoms with Gasteiger partial charge < -0.3 is 10.6 Å². The molecule has 1 saturated heterocycles. The van der Waals surface area contributed by atoms with Crippen molar-refractivity contribution in [3.63, 3.8) is 0 Å². The molecule has 1 aromatic heterocycles. The third-order valence-corrected chi connectivity index (χ3v) is 4.52. The molecule has 0 amide bonds. The van der Waals surface area contributed by atoms with Crippen LogP contribution in [0.5, 0.6) is 0 Å².